The molecule has 0 spiro atoms. The summed E-state index contributed by atoms with van der Waals surface area (Å²) in [5.41, 5.74) is 0.217. The Bertz CT molecular complexity index is 600. The molecule has 1 unspecified atom stereocenters. The van der Waals surface area contributed by atoms with Crippen molar-refractivity contribution >= 4 is 33.0 Å². The molecule has 1 fully saturated rings. The van der Waals surface area contributed by atoms with E-state index in [1.165, 1.54) is 6.92 Å². The molecule has 2 rings (SSSR count). The second-order valence-corrected chi connectivity index (χ2v) is 8.30. The first kappa shape index (κ1) is 16.0. The summed E-state index contributed by atoms with van der Waals surface area (Å²) in [6.45, 7) is 1.02. The Kier molecular flexibility index (Phi) is 4.35. The van der Waals surface area contributed by atoms with Gasteiger partial charge in [-0.25, -0.2) is 13.4 Å². The fourth-order valence-electron chi connectivity index (χ4n) is 2.14. The number of sulfonamides is 1. The zero-order valence-electron chi connectivity index (χ0n) is 10.4. The van der Waals surface area contributed by atoms with E-state index in [4.69, 9.17) is 11.6 Å². The summed E-state index contributed by atoms with van der Waals surface area (Å²) in [5, 5.41) is 0. The lowest BCUT2D eigenvalue weighted by molar-refractivity contribution is -0.182. The molecule has 1 aliphatic heterocycles. The Hall–Kier alpha value is -0.380. The summed E-state index contributed by atoms with van der Waals surface area (Å²) in [5.74, 6) is -1.62. The maximum absolute atomic E-state index is 12.7. The molecule has 114 valence electrons. The van der Waals surface area contributed by atoms with Crippen LogP contribution in [0.1, 0.15) is 18.5 Å². The number of hydrogen-bond acceptors (Lipinski definition) is 4. The van der Waals surface area contributed by atoms with Gasteiger partial charge in [0.15, 0.2) is 8.68 Å². The molecule has 4 nitrogen and oxygen atoms in total. The van der Waals surface area contributed by atoms with Gasteiger partial charge in [0.25, 0.3) is 10.0 Å². The highest BCUT2D eigenvalue weighted by Gasteiger charge is 2.44. The van der Waals surface area contributed by atoms with Crippen molar-refractivity contribution in [3.05, 3.63) is 10.2 Å². The topological polar surface area (TPSA) is 50.3 Å². The zero-order chi connectivity index (χ0) is 15.1. The summed E-state index contributed by atoms with van der Waals surface area (Å²) in [6, 6.07) is 0. The molecule has 1 saturated heterocycles. The Labute approximate surface area is 123 Å². The molecular weight excluding hydrogens is 337 g/mol. The molecule has 0 saturated carbocycles. The minimum absolute atomic E-state index is 0.0437. The van der Waals surface area contributed by atoms with Crippen molar-refractivity contribution in [1.82, 2.24) is 9.29 Å². The second kappa shape index (κ2) is 5.43. The standard InChI is InChI=1S/C10H12ClF3N2O2S2/c1-6-8(19-9(11)15-6)20(17,18)16-4-2-3-7(5-16)10(12,13)14/h7H,2-5H2,1H3. The van der Waals surface area contributed by atoms with Crippen LogP contribution in [-0.2, 0) is 10.0 Å². The van der Waals surface area contributed by atoms with Crippen LogP contribution in [0.15, 0.2) is 4.21 Å². The van der Waals surface area contributed by atoms with Crippen molar-refractivity contribution in [3.8, 4) is 0 Å². The summed E-state index contributed by atoms with van der Waals surface area (Å²) in [4.78, 5) is 3.80. The van der Waals surface area contributed by atoms with Crippen LogP contribution in [0.5, 0.6) is 0 Å². The molecule has 2 heterocycles. The Morgan fingerprint density at radius 3 is 2.60 bits per heavy atom. The predicted molar refractivity (Wildman–Crippen MR) is 69.4 cm³/mol. The fourth-order valence-corrected chi connectivity index (χ4v) is 5.53. The highest BCUT2D eigenvalue weighted by molar-refractivity contribution is 7.91. The van der Waals surface area contributed by atoms with Gasteiger partial charge in [-0.2, -0.15) is 17.5 Å². The second-order valence-electron chi connectivity index (χ2n) is 4.58. The average molecular weight is 349 g/mol. The number of hydrogen-bond donors (Lipinski definition) is 0. The lowest BCUT2D eigenvalue weighted by Gasteiger charge is -2.32. The van der Waals surface area contributed by atoms with Gasteiger partial charge in [0.05, 0.1) is 11.6 Å². The number of halogens is 4. The van der Waals surface area contributed by atoms with Gasteiger partial charge >= 0.3 is 6.18 Å². The van der Waals surface area contributed by atoms with Gasteiger partial charge in [-0.05, 0) is 19.8 Å². The van der Waals surface area contributed by atoms with Crippen LogP contribution in [0.4, 0.5) is 13.2 Å². The molecule has 1 aromatic rings. The van der Waals surface area contributed by atoms with Crippen LogP contribution in [0.25, 0.3) is 0 Å². The van der Waals surface area contributed by atoms with Gasteiger partial charge in [0.1, 0.15) is 0 Å². The SMILES string of the molecule is Cc1nc(Cl)sc1S(=O)(=O)N1CCCC(C(F)(F)F)C1. The number of piperidine rings is 1. The van der Waals surface area contributed by atoms with Crippen molar-refractivity contribution in [2.75, 3.05) is 13.1 Å². The molecule has 0 aliphatic carbocycles. The monoisotopic (exact) mass is 348 g/mol. The lowest BCUT2D eigenvalue weighted by Crippen LogP contribution is -2.44. The number of nitrogens with zero attached hydrogens (tertiary/aromatic N) is 2. The van der Waals surface area contributed by atoms with Crippen LogP contribution in [0.2, 0.25) is 4.47 Å². The quantitative estimate of drug-likeness (QED) is 0.825. The molecule has 10 heteroatoms. The van der Waals surface area contributed by atoms with Crippen molar-refractivity contribution < 1.29 is 21.6 Å². The van der Waals surface area contributed by atoms with Crippen molar-refractivity contribution in [1.29, 1.82) is 0 Å². The minimum atomic E-state index is -4.38. The van der Waals surface area contributed by atoms with Crippen molar-refractivity contribution in [2.45, 2.75) is 30.2 Å². The normalized spacial score (nSPS) is 22.1. The van der Waals surface area contributed by atoms with Crippen LogP contribution < -0.4 is 0 Å². The number of thiazole rings is 1. The third-order valence-corrected chi connectivity index (χ3v) is 6.86. The molecule has 1 atom stereocenters. The summed E-state index contributed by atoms with van der Waals surface area (Å²) >= 11 is 6.42. The van der Waals surface area contributed by atoms with E-state index in [1.54, 1.807) is 0 Å². The largest absolute Gasteiger partial charge is 0.393 e. The molecule has 1 aromatic heterocycles. The first-order valence-corrected chi connectivity index (χ1v) is 8.45. The number of alkyl halides is 3. The first-order valence-electron chi connectivity index (χ1n) is 5.82. The summed E-state index contributed by atoms with van der Waals surface area (Å²) in [6.07, 6.45) is -4.23. The molecule has 20 heavy (non-hydrogen) atoms. The molecule has 0 bridgehead atoms. The van der Waals surface area contributed by atoms with E-state index in [2.05, 4.69) is 4.98 Å². The van der Waals surface area contributed by atoms with Crippen LogP contribution in [-0.4, -0.2) is 37.0 Å². The van der Waals surface area contributed by atoms with Gasteiger partial charge in [-0.1, -0.05) is 22.9 Å². The first-order chi connectivity index (χ1) is 9.12. The fraction of sp³-hybridized carbons (Fsp3) is 0.700. The molecule has 0 N–H and O–H groups in total. The number of rotatable bonds is 2. The summed E-state index contributed by atoms with van der Waals surface area (Å²) < 4.78 is 63.8. The van der Waals surface area contributed by atoms with Gasteiger partial charge in [0, 0.05) is 13.1 Å². The molecule has 0 aromatic carbocycles. The molecule has 0 amide bonds. The number of aromatic nitrogens is 1. The third kappa shape index (κ3) is 3.10. The Balaban J connectivity index is 2.28. The van der Waals surface area contributed by atoms with E-state index < -0.39 is 28.7 Å². The predicted octanol–water partition coefficient (Wildman–Crippen LogP) is 3.07. The van der Waals surface area contributed by atoms with Gasteiger partial charge in [-0.3, -0.25) is 0 Å². The smallest absolute Gasteiger partial charge is 0.229 e. The third-order valence-electron chi connectivity index (χ3n) is 3.15. The number of aryl methyl sites for hydroxylation is 1. The summed E-state index contributed by atoms with van der Waals surface area (Å²) in [7, 11) is -3.96. The lowest BCUT2D eigenvalue weighted by atomic mass is 9.99. The van der Waals surface area contributed by atoms with Gasteiger partial charge < -0.3 is 0 Å². The maximum atomic E-state index is 12.7. The Morgan fingerprint density at radius 1 is 1.45 bits per heavy atom. The average Bonchev–Trinajstić information content (AvgIpc) is 2.68. The minimum Gasteiger partial charge on any atom is -0.229 e. The van der Waals surface area contributed by atoms with E-state index in [9.17, 15) is 21.6 Å². The van der Waals surface area contributed by atoms with Gasteiger partial charge in [0.2, 0.25) is 0 Å². The molecule has 0 radical (unpaired) electrons. The Morgan fingerprint density at radius 2 is 2.10 bits per heavy atom. The van der Waals surface area contributed by atoms with E-state index in [0.29, 0.717) is 0 Å². The van der Waals surface area contributed by atoms with Gasteiger partial charge in [-0.15, -0.1) is 0 Å². The highest BCUT2D eigenvalue weighted by Crippen LogP contribution is 2.36. The van der Waals surface area contributed by atoms with E-state index in [1.807, 2.05) is 0 Å². The van der Waals surface area contributed by atoms with Crippen molar-refractivity contribution in [2.24, 2.45) is 5.92 Å². The molecule has 1 aliphatic rings. The van der Waals surface area contributed by atoms with E-state index in [0.717, 1.165) is 15.6 Å². The van der Waals surface area contributed by atoms with E-state index in [-0.39, 0.29) is 33.8 Å². The molecular formula is C10H12ClF3N2O2S2. The maximum Gasteiger partial charge on any atom is 0.393 e. The van der Waals surface area contributed by atoms with Crippen LogP contribution >= 0.6 is 22.9 Å². The van der Waals surface area contributed by atoms with Crippen LogP contribution in [0, 0.1) is 12.8 Å². The van der Waals surface area contributed by atoms with E-state index >= 15 is 0 Å². The van der Waals surface area contributed by atoms with Crippen molar-refractivity contribution in [3.63, 3.8) is 0 Å². The van der Waals surface area contributed by atoms with Crippen LogP contribution in [0.3, 0.4) is 0 Å². The highest BCUT2D eigenvalue weighted by atomic mass is 35.5. The zero-order valence-corrected chi connectivity index (χ0v) is 12.8.